The molecule has 35 heavy (non-hydrogen) atoms. The van der Waals surface area contributed by atoms with Gasteiger partial charge >= 0.3 is 0 Å². The van der Waals surface area contributed by atoms with E-state index in [4.69, 9.17) is 0 Å². The second kappa shape index (κ2) is 9.22. The minimum absolute atomic E-state index is 0.0515. The molecule has 9 heteroatoms. The van der Waals surface area contributed by atoms with Crippen LogP contribution in [-0.4, -0.2) is 41.0 Å². The summed E-state index contributed by atoms with van der Waals surface area (Å²) in [7, 11) is 0. The topological polar surface area (TPSA) is 95.5 Å². The van der Waals surface area contributed by atoms with Gasteiger partial charge in [0.25, 0.3) is 0 Å². The Hall–Kier alpha value is -3.59. The van der Waals surface area contributed by atoms with Gasteiger partial charge in [-0.25, -0.2) is 0 Å². The van der Waals surface area contributed by atoms with Crippen molar-refractivity contribution >= 4 is 45.6 Å². The molecule has 1 aromatic heterocycles. The number of aryl methyl sites for hydroxylation is 2. The van der Waals surface area contributed by atoms with Gasteiger partial charge in [0.1, 0.15) is 5.01 Å². The average molecular weight is 490 g/mol. The van der Waals surface area contributed by atoms with Crippen molar-refractivity contribution in [3.8, 4) is 0 Å². The molecule has 2 saturated heterocycles. The summed E-state index contributed by atoms with van der Waals surface area (Å²) in [6.45, 7) is 6.88. The lowest BCUT2D eigenvalue weighted by Crippen LogP contribution is -2.28. The van der Waals surface area contributed by atoms with Crippen LogP contribution < -0.4 is 15.1 Å². The van der Waals surface area contributed by atoms with Crippen LogP contribution in [0.5, 0.6) is 0 Å². The molecule has 180 valence electrons. The minimum atomic E-state index is -0.458. The predicted octanol–water partition coefficient (Wildman–Crippen LogP) is 3.98. The Morgan fingerprint density at radius 3 is 2.46 bits per heavy atom. The third kappa shape index (κ3) is 4.55. The van der Waals surface area contributed by atoms with Gasteiger partial charge in [0.2, 0.25) is 22.9 Å². The molecule has 2 aliphatic heterocycles. The van der Waals surface area contributed by atoms with Crippen LogP contribution in [0.4, 0.5) is 16.5 Å². The van der Waals surface area contributed by atoms with Gasteiger partial charge in [-0.3, -0.25) is 14.4 Å². The second-order valence-corrected chi connectivity index (χ2v) is 10.3. The molecule has 2 atom stereocenters. The molecule has 2 unspecified atom stereocenters. The first-order valence-electron chi connectivity index (χ1n) is 11.7. The highest BCUT2D eigenvalue weighted by atomic mass is 32.1. The lowest BCUT2D eigenvalue weighted by molar-refractivity contribution is -0.122. The van der Waals surface area contributed by atoms with Crippen LogP contribution in [0.15, 0.2) is 42.5 Å². The summed E-state index contributed by atoms with van der Waals surface area (Å²) in [6.07, 6.45) is 0.520. The van der Waals surface area contributed by atoms with Crippen molar-refractivity contribution in [1.82, 2.24) is 10.2 Å². The van der Waals surface area contributed by atoms with Crippen LogP contribution in [0, 0.1) is 26.7 Å². The Kier molecular flexibility index (Phi) is 6.10. The number of anilines is 3. The van der Waals surface area contributed by atoms with Crippen molar-refractivity contribution in [1.29, 1.82) is 0 Å². The van der Waals surface area contributed by atoms with E-state index in [1.165, 1.54) is 11.3 Å². The predicted molar refractivity (Wildman–Crippen MR) is 136 cm³/mol. The number of nitrogens with zero attached hydrogens (tertiary/aromatic N) is 4. The van der Waals surface area contributed by atoms with E-state index in [1.54, 1.807) is 9.80 Å². The summed E-state index contributed by atoms with van der Waals surface area (Å²) in [4.78, 5) is 41.7. The van der Waals surface area contributed by atoms with Crippen LogP contribution in [-0.2, 0) is 14.4 Å². The summed E-state index contributed by atoms with van der Waals surface area (Å²) >= 11 is 1.29. The lowest BCUT2D eigenvalue weighted by atomic mass is 10.1. The first-order valence-corrected chi connectivity index (χ1v) is 12.5. The minimum Gasteiger partial charge on any atom is -0.312 e. The van der Waals surface area contributed by atoms with E-state index in [0.717, 1.165) is 33.1 Å². The summed E-state index contributed by atoms with van der Waals surface area (Å²) in [5.74, 6) is -0.773. The second-order valence-electron chi connectivity index (χ2n) is 9.30. The van der Waals surface area contributed by atoms with Gasteiger partial charge < -0.3 is 15.1 Å². The number of benzene rings is 2. The van der Waals surface area contributed by atoms with Crippen molar-refractivity contribution in [2.24, 2.45) is 5.92 Å². The highest BCUT2D eigenvalue weighted by molar-refractivity contribution is 7.15. The van der Waals surface area contributed by atoms with E-state index in [1.807, 2.05) is 63.2 Å². The molecule has 2 aliphatic rings. The number of amides is 3. The lowest BCUT2D eigenvalue weighted by Gasteiger charge is -2.20. The molecule has 2 aromatic carbocycles. The highest BCUT2D eigenvalue weighted by Crippen LogP contribution is 2.35. The number of aromatic nitrogens is 2. The zero-order valence-corrected chi connectivity index (χ0v) is 20.8. The Bertz CT molecular complexity index is 1300. The van der Waals surface area contributed by atoms with Gasteiger partial charge in [0.15, 0.2) is 0 Å². The van der Waals surface area contributed by atoms with Crippen LogP contribution in [0.1, 0.15) is 40.5 Å². The van der Waals surface area contributed by atoms with Crippen molar-refractivity contribution in [2.75, 3.05) is 28.2 Å². The van der Waals surface area contributed by atoms with Crippen molar-refractivity contribution < 1.29 is 14.4 Å². The summed E-state index contributed by atoms with van der Waals surface area (Å²) in [6, 6.07) is 13.7. The van der Waals surface area contributed by atoms with Gasteiger partial charge in [0, 0.05) is 43.2 Å². The Morgan fingerprint density at radius 1 is 0.943 bits per heavy atom. The van der Waals surface area contributed by atoms with Crippen molar-refractivity contribution in [3.05, 3.63) is 64.2 Å². The summed E-state index contributed by atoms with van der Waals surface area (Å²) < 4.78 is 0. The summed E-state index contributed by atoms with van der Waals surface area (Å²) in [5, 5.41) is 12.3. The fourth-order valence-corrected chi connectivity index (χ4v) is 5.49. The maximum absolute atomic E-state index is 12.9. The first kappa shape index (κ1) is 23.2. The first-order chi connectivity index (χ1) is 16.8. The van der Waals surface area contributed by atoms with Gasteiger partial charge in [-0.2, -0.15) is 0 Å². The molecule has 0 spiro atoms. The maximum atomic E-state index is 12.9. The molecule has 5 rings (SSSR count). The fraction of sp³-hybridized carbons (Fsp3) is 0.346. The molecule has 3 heterocycles. The zero-order valence-electron chi connectivity index (χ0n) is 19.9. The number of hydrogen-bond acceptors (Lipinski definition) is 6. The standard InChI is InChI=1S/C26H27N5O3S/c1-15-7-9-20(10-8-15)30-14-19(12-22(30)32)25-28-29-26(35-25)27-24(34)18-11-23(33)31(13-18)21-6-4-5-16(2)17(21)3/h4-10,18-19H,11-14H2,1-3H3,(H,27,29,34). The number of hydrogen-bond donors (Lipinski definition) is 1. The maximum Gasteiger partial charge on any atom is 0.231 e. The van der Waals surface area contributed by atoms with Crippen LogP contribution >= 0.6 is 11.3 Å². The molecule has 0 bridgehead atoms. The smallest absolute Gasteiger partial charge is 0.231 e. The molecule has 8 nitrogen and oxygen atoms in total. The molecule has 0 saturated carbocycles. The van der Waals surface area contributed by atoms with Crippen LogP contribution in [0.2, 0.25) is 0 Å². The Labute approximate surface area is 208 Å². The largest absolute Gasteiger partial charge is 0.312 e. The number of carbonyl (C=O) groups excluding carboxylic acids is 3. The van der Waals surface area contributed by atoms with E-state index in [2.05, 4.69) is 15.5 Å². The van der Waals surface area contributed by atoms with Crippen LogP contribution in [0.25, 0.3) is 0 Å². The van der Waals surface area contributed by atoms with Gasteiger partial charge in [0.05, 0.1) is 5.92 Å². The summed E-state index contributed by atoms with van der Waals surface area (Å²) in [5.41, 5.74) is 5.02. The van der Waals surface area contributed by atoms with E-state index in [0.29, 0.717) is 24.6 Å². The van der Waals surface area contributed by atoms with Gasteiger partial charge in [-0.1, -0.05) is 41.2 Å². The molecule has 3 aromatic rings. The molecular formula is C26H27N5O3S. The zero-order chi connectivity index (χ0) is 24.7. The molecule has 0 aliphatic carbocycles. The van der Waals surface area contributed by atoms with E-state index in [9.17, 15) is 14.4 Å². The molecular weight excluding hydrogens is 462 g/mol. The molecule has 3 amide bonds. The fourth-order valence-electron chi connectivity index (χ4n) is 4.65. The highest BCUT2D eigenvalue weighted by Gasteiger charge is 2.37. The third-order valence-electron chi connectivity index (χ3n) is 6.85. The third-order valence-corrected chi connectivity index (χ3v) is 7.85. The quantitative estimate of drug-likeness (QED) is 0.585. The van der Waals surface area contributed by atoms with Crippen molar-refractivity contribution in [3.63, 3.8) is 0 Å². The van der Waals surface area contributed by atoms with Gasteiger partial charge in [-0.15, -0.1) is 10.2 Å². The number of carbonyl (C=O) groups is 3. The Morgan fingerprint density at radius 2 is 1.69 bits per heavy atom. The molecule has 0 radical (unpaired) electrons. The Balaban J connectivity index is 1.23. The van der Waals surface area contributed by atoms with Crippen LogP contribution in [0.3, 0.4) is 0 Å². The van der Waals surface area contributed by atoms with E-state index in [-0.39, 0.29) is 30.1 Å². The number of rotatable bonds is 5. The van der Waals surface area contributed by atoms with E-state index >= 15 is 0 Å². The normalized spacial score (nSPS) is 20.1. The van der Waals surface area contributed by atoms with Crippen molar-refractivity contribution in [2.45, 2.75) is 39.5 Å². The van der Waals surface area contributed by atoms with Gasteiger partial charge in [-0.05, 0) is 50.1 Å². The average Bonchev–Trinajstić information content (AvgIpc) is 3.55. The number of nitrogens with one attached hydrogen (secondary N) is 1. The molecule has 2 fully saturated rings. The van der Waals surface area contributed by atoms with E-state index < -0.39 is 5.92 Å². The monoisotopic (exact) mass is 489 g/mol. The SMILES string of the molecule is Cc1ccc(N2CC(c3nnc(NC(=O)C4CC(=O)N(c5cccc(C)c5C)C4)s3)CC2=O)cc1. The molecule has 1 N–H and O–H groups in total.